The molecule has 1 amide bonds. The van der Waals surface area contributed by atoms with E-state index in [9.17, 15) is 9.59 Å². The lowest BCUT2D eigenvalue weighted by Crippen LogP contribution is -2.39. The number of ether oxygens (including phenoxy) is 1. The van der Waals surface area contributed by atoms with Gasteiger partial charge in [-0.25, -0.2) is 0 Å². The fourth-order valence-corrected chi connectivity index (χ4v) is 2.71. The third-order valence-electron chi connectivity index (χ3n) is 3.94. The molecular weight excluding hydrogens is 234 g/mol. The number of carbonyl (C=O) groups is 2. The van der Waals surface area contributed by atoms with Gasteiger partial charge >= 0.3 is 5.97 Å². The van der Waals surface area contributed by atoms with Crippen LogP contribution in [0.2, 0.25) is 0 Å². The van der Waals surface area contributed by atoms with E-state index in [2.05, 4.69) is 0 Å². The summed E-state index contributed by atoms with van der Waals surface area (Å²) in [5.74, 6) is -1.05. The summed E-state index contributed by atoms with van der Waals surface area (Å²) in [7, 11) is 1.63. The van der Waals surface area contributed by atoms with Gasteiger partial charge in [-0.2, -0.15) is 0 Å². The van der Waals surface area contributed by atoms with Gasteiger partial charge in [0.2, 0.25) is 5.91 Å². The predicted octanol–water partition coefficient (Wildman–Crippen LogP) is 1.12. The van der Waals surface area contributed by atoms with E-state index >= 15 is 0 Å². The Kier molecular flexibility index (Phi) is 4.22. The second-order valence-electron chi connectivity index (χ2n) is 5.30. The number of aliphatic carboxylic acids is 1. The molecule has 0 bridgehead atoms. The van der Waals surface area contributed by atoms with Crippen LogP contribution in [0.25, 0.3) is 0 Å². The number of methoxy groups -OCH3 is 1. The largest absolute Gasteiger partial charge is 0.481 e. The lowest BCUT2D eigenvalue weighted by Gasteiger charge is -2.25. The van der Waals surface area contributed by atoms with Crippen molar-refractivity contribution in [1.82, 2.24) is 4.90 Å². The molecule has 0 aromatic carbocycles. The highest BCUT2D eigenvalue weighted by molar-refractivity contribution is 5.81. The third-order valence-corrected chi connectivity index (χ3v) is 3.94. The SMILES string of the molecule is COCCN(C(=O)[C@@H]1CC[C@H](C(=O)O)C1)C1CC1. The standard InChI is InChI=1S/C13H21NO4/c1-18-7-6-14(11-4-5-11)12(15)9-2-3-10(8-9)13(16)17/h9-11H,2-8H2,1H3,(H,16,17)/t9-,10+/m1/s1. The zero-order valence-corrected chi connectivity index (χ0v) is 10.8. The molecule has 0 aromatic heterocycles. The molecule has 1 N–H and O–H groups in total. The minimum absolute atomic E-state index is 0.0939. The Balaban J connectivity index is 1.90. The van der Waals surface area contributed by atoms with E-state index in [0.29, 0.717) is 38.5 Å². The quantitative estimate of drug-likeness (QED) is 0.772. The van der Waals surface area contributed by atoms with Gasteiger partial charge in [0.1, 0.15) is 0 Å². The van der Waals surface area contributed by atoms with Crippen LogP contribution in [0.4, 0.5) is 0 Å². The maximum Gasteiger partial charge on any atom is 0.306 e. The first kappa shape index (κ1) is 13.3. The van der Waals surface area contributed by atoms with E-state index in [1.165, 1.54) is 0 Å². The topological polar surface area (TPSA) is 66.8 Å². The van der Waals surface area contributed by atoms with Crippen LogP contribution in [0, 0.1) is 11.8 Å². The molecule has 2 fully saturated rings. The lowest BCUT2D eigenvalue weighted by molar-refractivity contribution is -0.141. The van der Waals surface area contributed by atoms with Crippen molar-refractivity contribution in [3.05, 3.63) is 0 Å². The molecule has 2 rings (SSSR count). The average molecular weight is 255 g/mol. The molecule has 2 saturated carbocycles. The van der Waals surface area contributed by atoms with E-state index in [0.717, 1.165) is 12.8 Å². The fourth-order valence-electron chi connectivity index (χ4n) is 2.71. The van der Waals surface area contributed by atoms with Gasteiger partial charge in [-0.3, -0.25) is 9.59 Å². The van der Waals surface area contributed by atoms with Gasteiger partial charge in [0.05, 0.1) is 12.5 Å². The van der Waals surface area contributed by atoms with Crippen LogP contribution in [-0.4, -0.2) is 48.2 Å². The summed E-state index contributed by atoms with van der Waals surface area (Å²) in [4.78, 5) is 25.2. The smallest absolute Gasteiger partial charge is 0.306 e. The van der Waals surface area contributed by atoms with Crippen molar-refractivity contribution in [2.45, 2.75) is 38.1 Å². The van der Waals surface area contributed by atoms with E-state index in [-0.39, 0.29) is 17.7 Å². The Hall–Kier alpha value is -1.10. The van der Waals surface area contributed by atoms with E-state index < -0.39 is 5.97 Å². The van der Waals surface area contributed by atoms with Gasteiger partial charge in [-0.05, 0) is 32.1 Å². The molecule has 2 atom stereocenters. The van der Waals surface area contributed by atoms with Crippen LogP contribution in [0.15, 0.2) is 0 Å². The van der Waals surface area contributed by atoms with Crippen LogP contribution < -0.4 is 0 Å². The molecule has 5 nitrogen and oxygen atoms in total. The monoisotopic (exact) mass is 255 g/mol. The second kappa shape index (κ2) is 5.69. The summed E-state index contributed by atoms with van der Waals surface area (Å²) in [6.07, 6.45) is 4.00. The first-order valence-electron chi connectivity index (χ1n) is 6.65. The number of carbonyl (C=O) groups excluding carboxylic acids is 1. The first-order chi connectivity index (χ1) is 8.63. The molecule has 0 spiro atoms. The maximum atomic E-state index is 12.4. The van der Waals surface area contributed by atoms with Crippen molar-refractivity contribution in [3.8, 4) is 0 Å². The number of carboxylic acid groups (broad SMARTS) is 1. The first-order valence-corrected chi connectivity index (χ1v) is 6.65. The average Bonchev–Trinajstić information content (AvgIpc) is 3.05. The van der Waals surface area contributed by atoms with Crippen molar-refractivity contribution >= 4 is 11.9 Å². The highest BCUT2D eigenvalue weighted by Gasteiger charge is 2.40. The molecule has 0 heterocycles. The molecule has 2 aliphatic rings. The lowest BCUT2D eigenvalue weighted by atomic mass is 10.0. The van der Waals surface area contributed by atoms with Gasteiger partial charge in [0.25, 0.3) is 0 Å². The van der Waals surface area contributed by atoms with Crippen LogP contribution in [-0.2, 0) is 14.3 Å². The molecule has 0 radical (unpaired) electrons. The van der Waals surface area contributed by atoms with E-state index in [1.54, 1.807) is 7.11 Å². The fraction of sp³-hybridized carbons (Fsp3) is 0.846. The molecule has 0 saturated heterocycles. The summed E-state index contributed by atoms with van der Waals surface area (Å²) in [6, 6.07) is 0.372. The highest BCUT2D eigenvalue weighted by Crippen LogP contribution is 2.35. The molecule has 5 heteroatoms. The van der Waals surface area contributed by atoms with Crippen LogP contribution in [0.3, 0.4) is 0 Å². The van der Waals surface area contributed by atoms with Gasteiger partial charge in [-0.15, -0.1) is 0 Å². The number of rotatable bonds is 6. The van der Waals surface area contributed by atoms with Crippen LogP contribution in [0.5, 0.6) is 0 Å². The van der Waals surface area contributed by atoms with E-state index in [4.69, 9.17) is 9.84 Å². The van der Waals surface area contributed by atoms with E-state index in [1.807, 2.05) is 4.90 Å². The van der Waals surface area contributed by atoms with Gasteiger partial charge in [0.15, 0.2) is 0 Å². The molecule has 0 unspecified atom stereocenters. The zero-order valence-electron chi connectivity index (χ0n) is 10.8. The Morgan fingerprint density at radius 1 is 1.22 bits per heavy atom. The summed E-state index contributed by atoms with van der Waals surface area (Å²) < 4.78 is 5.03. The Bertz CT molecular complexity index is 327. The highest BCUT2D eigenvalue weighted by atomic mass is 16.5. The zero-order chi connectivity index (χ0) is 13.1. The molecule has 18 heavy (non-hydrogen) atoms. The van der Waals surface area contributed by atoms with Crippen LogP contribution in [0.1, 0.15) is 32.1 Å². The molecule has 2 aliphatic carbocycles. The van der Waals surface area contributed by atoms with Gasteiger partial charge < -0.3 is 14.7 Å². The van der Waals surface area contributed by atoms with Crippen molar-refractivity contribution in [3.63, 3.8) is 0 Å². The molecular formula is C13H21NO4. The van der Waals surface area contributed by atoms with Crippen molar-refractivity contribution in [1.29, 1.82) is 0 Å². The minimum Gasteiger partial charge on any atom is -0.481 e. The van der Waals surface area contributed by atoms with Crippen molar-refractivity contribution in [2.24, 2.45) is 11.8 Å². The van der Waals surface area contributed by atoms with Crippen molar-refractivity contribution in [2.75, 3.05) is 20.3 Å². The third kappa shape index (κ3) is 3.02. The summed E-state index contributed by atoms with van der Waals surface area (Å²) in [5.41, 5.74) is 0. The Labute approximate surface area is 107 Å². The number of amides is 1. The number of hydrogen-bond donors (Lipinski definition) is 1. The molecule has 102 valence electrons. The maximum absolute atomic E-state index is 12.4. The Morgan fingerprint density at radius 3 is 2.39 bits per heavy atom. The second-order valence-corrected chi connectivity index (χ2v) is 5.30. The van der Waals surface area contributed by atoms with Gasteiger partial charge in [0, 0.05) is 25.6 Å². The number of carboxylic acids is 1. The normalized spacial score (nSPS) is 27.2. The minimum atomic E-state index is -0.764. The Morgan fingerprint density at radius 2 is 1.89 bits per heavy atom. The molecule has 0 aromatic rings. The van der Waals surface area contributed by atoms with Gasteiger partial charge in [-0.1, -0.05) is 0 Å². The number of nitrogens with zero attached hydrogens (tertiary/aromatic N) is 1. The van der Waals surface area contributed by atoms with Crippen molar-refractivity contribution < 1.29 is 19.4 Å². The number of hydrogen-bond acceptors (Lipinski definition) is 3. The predicted molar refractivity (Wildman–Crippen MR) is 65.1 cm³/mol. The summed E-state index contributed by atoms with van der Waals surface area (Å²) in [5, 5.41) is 8.97. The summed E-state index contributed by atoms with van der Waals surface area (Å²) in [6.45, 7) is 1.19. The summed E-state index contributed by atoms with van der Waals surface area (Å²) >= 11 is 0. The molecule has 0 aliphatic heterocycles. The van der Waals surface area contributed by atoms with Crippen LogP contribution >= 0.6 is 0 Å².